The molecule has 1 heterocycles. The quantitative estimate of drug-likeness (QED) is 0.606. The first-order valence-corrected chi connectivity index (χ1v) is 5.95. The normalized spacial score (nSPS) is 20.4. The van der Waals surface area contributed by atoms with Gasteiger partial charge in [-0.15, -0.1) is 11.6 Å². The third-order valence-electron chi connectivity index (χ3n) is 2.06. The first-order chi connectivity index (χ1) is 6.79. The molecule has 0 N–H and O–H groups in total. The predicted octanol–water partition coefficient (Wildman–Crippen LogP) is 3.02. The number of rotatable bonds is 2. The number of oxime groups is 1. The van der Waals surface area contributed by atoms with Gasteiger partial charge in [-0.2, -0.15) is 0 Å². The van der Waals surface area contributed by atoms with Crippen molar-refractivity contribution in [3.63, 3.8) is 0 Å². The van der Waals surface area contributed by atoms with E-state index >= 15 is 0 Å². The van der Waals surface area contributed by atoms with Crippen LogP contribution >= 0.6 is 34.2 Å². The molecule has 0 aromatic heterocycles. The molecular formula is C10H9ClINO. The van der Waals surface area contributed by atoms with Crippen LogP contribution in [0.5, 0.6) is 0 Å². The summed E-state index contributed by atoms with van der Waals surface area (Å²) in [5.41, 5.74) is 2.12. The summed E-state index contributed by atoms with van der Waals surface area (Å²) in [6.07, 6.45) is 0.855. The zero-order valence-corrected chi connectivity index (χ0v) is 10.3. The van der Waals surface area contributed by atoms with Gasteiger partial charge in [-0.1, -0.05) is 17.3 Å². The molecule has 2 nitrogen and oxygen atoms in total. The topological polar surface area (TPSA) is 21.6 Å². The van der Waals surface area contributed by atoms with E-state index < -0.39 is 0 Å². The minimum absolute atomic E-state index is 0.0459. The molecule has 0 fully saturated rings. The van der Waals surface area contributed by atoms with Crippen molar-refractivity contribution in [2.75, 3.05) is 5.88 Å². The molecule has 74 valence electrons. The first-order valence-electron chi connectivity index (χ1n) is 4.34. The Morgan fingerprint density at radius 1 is 1.57 bits per heavy atom. The second-order valence-corrected chi connectivity index (χ2v) is 4.69. The van der Waals surface area contributed by atoms with Crippen molar-refractivity contribution in [3.8, 4) is 0 Å². The minimum atomic E-state index is 0.0459. The maximum absolute atomic E-state index is 5.69. The van der Waals surface area contributed by atoms with Gasteiger partial charge >= 0.3 is 0 Å². The van der Waals surface area contributed by atoms with Crippen LogP contribution in [-0.2, 0) is 4.84 Å². The molecule has 0 aliphatic carbocycles. The molecule has 0 saturated carbocycles. The van der Waals surface area contributed by atoms with Crippen LogP contribution < -0.4 is 0 Å². The lowest BCUT2D eigenvalue weighted by Crippen LogP contribution is -2.09. The highest BCUT2D eigenvalue weighted by atomic mass is 127. The van der Waals surface area contributed by atoms with Crippen molar-refractivity contribution >= 4 is 39.9 Å². The second kappa shape index (κ2) is 4.49. The van der Waals surface area contributed by atoms with Crippen LogP contribution in [0.1, 0.15) is 12.0 Å². The maximum atomic E-state index is 5.69. The van der Waals surface area contributed by atoms with Gasteiger partial charge < -0.3 is 4.84 Å². The van der Waals surface area contributed by atoms with Crippen molar-refractivity contribution < 1.29 is 4.84 Å². The molecule has 1 aromatic rings. The summed E-state index contributed by atoms with van der Waals surface area (Å²) in [7, 11) is 0. The van der Waals surface area contributed by atoms with Crippen molar-refractivity contribution in [3.05, 3.63) is 33.4 Å². The number of hydrogen-bond donors (Lipinski definition) is 0. The van der Waals surface area contributed by atoms with Crippen molar-refractivity contribution in [2.24, 2.45) is 5.16 Å². The summed E-state index contributed by atoms with van der Waals surface area (Å²) in [4.78, 5) is 5.16. The van der Waals surface area contributed by atoms with Gasteiger partial charge in [0.05, 0.1) is 11.6 Å². The number of alkyl halides is 1. The molecule has 0 radical (unpaired) electrons. The molecule has 0 saturated heterocycles. The van der Waals surface area contributed by atoms with E-state index in [0.717, 1.165) is 17.7 Å². The zero-order chi connectivity index (χ0) is 9.97. The third kappa shape index (κ3) is 2.20. The van der Waals surface area contributed by atoms with Crippen LogP contribution in [-0.4, -0.2) is 17.7 Å². The summed E-state index contributed by atoms with van der Waals surface area (Å²) in [6.45, 7) is 0. The van der Waals surface area contributed by atoms with Crippen LogP contribution in [0.3, 0.4) is 0 Å². The summed E-state index contributed by atoms with van der Waals surface area (Å²) >= 11 is 7.98. The van der Waals surface area contributed by atoms with Crippen molar-refractivity contribution in [1.82, 2.24) is 0 Å². The Kier molecular flexibility index (Phi) is 3.28. The fraction of sp³-hybridized carbons (Fsp3) is 0.300. The maximum Gasteiger partial charge on any atom is 0.146 e. The summed E-state index contributed by atoms with van der Waals surface area (Å²) in [6, 6.07) is 8.22. The van der Waals surface area contributed by atoms with E-state index in [1.165, 1.54) is 3.57 Å². The Bertz CT molecular complexity index is 367. The molecule has 1 atom stereocenters. The Labute approximate surface area is 101 Å². The van der Waals surface area contributed by atoms with Gasteiger partial charge in [0.25, 0.3) is 0 Å². The lowest BCUT2D eigenvalue weighted by Gasteiger charge is -2.01. The van der Waals surface area contributed by atoms with E-state index in [1.807, 2.05) is 12.1 Å². The van der Waals surface area contributed by atoms with E-state index in [0.29, 0.717) is 5.88 Å². The van der Waals surface area contributed by atoms with Gasteiger partial charge in [0.2, 0.25) is 0 Å². The summed E-state index contributed by atoms with van der Waals surface area (Å²) < 4.78 is 1.21. The number of halogens is 2. The average Bonchev–Trinajstić information content (AvgIpc) is 2.66. The fourth-order valence-electron chi connectivity index (χ4n) is 1.35. The van der Waals surface area contributed by atoms with E-state index in [4.69, 9.17) is 16.4 Å². The predicted molar refractivity (Wildman–Crippen MR) is 65.9 cm³/mol. The lowest BCUT2D eigenvalue weighted by molar-refractivity contribution is 0.102. The lowest BCUT2D eigenvalue weighted by atomic mass is 10.1. The van der Waals surface area contributed by atoms with E-state index in [-0.39, 0.29) is 6.10 Å². The Hall–Kier alpha value is -0.290. The van der Waals surface area contributed by atoms with Crippen LogP contribution in [0.25, 0.3) is 0 Å². The molecule has 1 aliphatic heterocycles. The number of benzene rings is 1. The molecular weight excluding hydrogens is 312 g/mol. The second-order valence-electron chi connectivity index (χ2n) is 3.13. The highest BCUT2D eigenvalue weighted by molar-refractivity contribution is 14.1. The average molecular weight is 322 g/mol. The summed E-state index contributed by atoms with van der Waals surface area (Å²) in [5.74, 6) is 0.497. The zero-order valence-electron chi connectivity index (χ0n) is 7.41. The molecule has 14 heavy (non-hydrogen) atoms. The van der Waals surface area contributed by atoms with Crippen LogP contribution in [0.2, 0.25) is 0 Å². The summed E-state index contributed by atoms with van der Waals surface area (Å²) in [5, 5.41) is 4.03. The van der Waals surface area contributed by atoms with Gasteiger partial charge in [0.1, 0.15) is 6.10 Å². The molecule has 2 rings (SSSR count). The smallest absolute Gasteiger partial charge is 0.146 e. The molecule has 0 amide bonds. The third-order valence-corrected chi connectivity index (χ3v) is 3.08. The van der Waals surface area contributed by atoms with E-state index in [9.17, 15) is 0 Å². The van der Waals surface area contributed by atoms with Gasteiger partial charge in [-0.05, 0) is 34.7 Å². The first kappa shape index (κ1) is 10.2. The Balaban J connectivity index is 2.17. The van der Waals surface area contributed by atoms with Crippen molar-refractivity contribution in [2.45, 2.75) is 12.5 Å². The van der Waals surface area contributed by atoms with Crippen LogP contribution in [0.4, 0.5) is 0 Å². The molecule has 1 aromatic carbocycles. The number of hydrogen-bond acceptors (Lipinski definition) is 2. The SMILES string of the molecule is ClCC1CC(c2cccc(I)c2)=NO1. The highest BCUT2D eigenvalue weighted by Crippen LogP contribution is 2.18. The van der Waals surface area contributed by atoms with Gasteiger partial charge in [0.15, 0.2) is 0 Å². The van der Waals surface area contributed by atoms with E-state index in [2.05, 4.69) is 39.9 Å². The van der Waals surface area contributed by atoms with Gasteiger partial charge in [-0.3, -0.25) is 0 Å². The molecule has 1 unspecified atom stereocenters. The minimum Gasteiger partial charge on any atom is -0.391 e. The molecule has 0 spiro atoms. The largest absolute Gasteiger partial charge is 0.391 e. The Morgan fingerprint density at radius 2 is 2.43 bits per heavy atom. The van der Waals surface area contributed by atoms with Crippen LogP contribution in [0.15, 0.2) is 29.4 Å². The monoisotopic (exact) mass is 321 g/mol. The standard InChI is InChI=1S/C10H9ClINO/c11-6-9-5-10(13-14-9)7-2-1-3-8(12)4-7/h1-4,9H,5-6H2. The van der Waals surface area contributed by atoms with Crippen molar-refractivity contribution in [1.29, 1.82) is 0 Å². The highest BCUT2D eigenvalue weighted by Gasteiger charge is 2.20. The van der Waals surface area contributed by atoms with Gasteiger partial charge in [-0.25, -0.2) is 0 Å². The molecule has 1 aliphatic rings. The fourth-order valence-corrected chi connectivity index (χ4v) is 2.06. The van der Waals surface area contributed by atoms with E-state index in [1.54, 1.807) is 0 Å². The number of nitrogens with zero attached hydrogens (tertiary/aromatic N) is 1. The van der Waals surface area contributed by atoms with Gasteiger partial charge in [0, 0.05) is 15.6 Å². The Morgan fingerprint density at radius 3 is 3.07 bits per heavy atom. The molecule has 0 bridgehead atoms. The molecule has 4 heteroatoms. The van der Waals surface area contributed by atoms with Crippen LogP contribution in [0, 0.1) is 3.57 Å².